The van der Waals surface area contributed by atoms with E-state index >= 15 is 0 Å². The highest BCUT2D eigenvalue weighted by Crippen LogP contribution is 2.15. The molecular weight excluding hydrogens is 334 g/mol. The fraction of sp³-hybridized carbons (Fsp3) is 0.389. The lowest BCUT2D eigenvalue weighted by Crippen LogP contribution is -2.33. The molecule has 0 unspecified atom stereocenters. The van der Waals surface area contributed by atoms with Crippen molar-refractivity contribution >= 4 is 17.5 Å². The van der Waals surface area contributed by atoms with Crippen molar-refractivity contribution in [2.24, 2.45) is 7.05 Å². The molecule has 8 nitrogen and oxygen atoms in total. The highest BCUT2D eigenvalue weighted by atomic mass is 16.3. The summed E-state index contributed by atoms with van der Waals surface area (Å²) in [4.78, 5) is 31.0. The number of hydrogen-bond donors (Lipinski definition) is 3. The van der Waals surface area contributed by atoms with Crippen LogP contribution in [-0.4, -0.2) is 51.6 Å². The van der Waals surface area contributed by atoms with Crippen LogP contribution >= 0.6 is 0 Å². The first-order valence-electron chi connectivity index (χ1n) is 8.60. The van der Waals surface area contributed by atoms with Gasteiger partial charge in [0.05, 0.1) is 0 Å². The molecule has 0 aliphatic carbocycles. The monoisotopic (exact) mass is 359 g/mol. The van der Waals surface area contributed by atoms with Crippen molar-refractivity contribution in [3.63, 3.8) is 0 Å². The quantitative estimate of drug-likeness (QED) is 0.660. The summed E-state index contributed by atoms with van der Waals surface area (Å²) >= 11 is 0. The highest BCUT2D eigenvalue weighted by Gasteiger charge is 2.21. The van der Waals surface area contributed by atoms with Gasteiger partial charge in [-0.1, -0.05) is 32.0 Å². The van der Waals surface area contributed by atoms with Crippen LogP contribution in [0.1, 0.15) is 24.2 Å². The number of para-hydroxylation sites is 1. The Morgan fingerprint density at radius 3 is 2.50 bits per heavy atom. The van der Waals surface area contributed by atoms with E-state index < -0.39 is 17.3 Å². The van der Waals surface area contributed by atoms with Gasteiger partial charge in [0, 0.05) is 25.8 Å². The van der Waals surface area contributed by atoms with Crippen LogP contribution in [0.4, 0.5) is 11.6 Å². The van der Waals surface area contributed by atoms with Gasteiger partial charge in [-0.15, -0.1) is 0 Å². The number of likely N-dealkylation sites (N-methyl/N-ethyl adjacent to an activating group) is 1. The van der Waals surface area contributed by atoms with E-state index in [9.17, 15) is 14.7 Å². The maximum absolute atomic E-state index is 12.5. The van der Waals surface area contributed by atoms with Crippen LogP contribution in [0.25, 0.3) is 0 Å². The fourth-order valence-corrected chi connectivity index (χ4v) is 2.53. The second kappa shape index (κ2) is 9.00. The zero-order valence-corrected chi connectivity index (χ0v) is 15.3. The molecule has 140 valence electrons. The zero-order chi connectivity index (χ0) is 19.1. The van der Waals surface area contributed by atoms with Gasteiger partial charge in [-0.2, -0.15) is 4.98 Å². The average molecular weight is 359 g/mol. The summed E-state index contributed by atoms with van der Waals surface area (Å²) in [7, 11) is 1.51. The number of rotatable bonds is 8. The summed E-state index contributed by atoms with van der Waals surface area (Å²) in [6.45, 7) is 7.34. The molecule has 0 aliphatic heterocycles. The Morgan fingerprint density at radius 1 is 1.23 bits per heavy atom. The smallest absolute Gasteiger partial charge is 0.271 e. The van der Waals surface area contributed by atoms with Gasteiger partial charge >= 0.3 is 0 Å². The predicted octanol–water partition coefficient (Wildman–Crippen LogP) is 1.49. The minimum atomic E-state index is -0.698. The van der Waals surface area contributed by atoms with E-state index in [1.54, 1.807) is 24.3 Å². The summed E-state index contributed by atoms with van der Waals surface area (Å²) in [5.74, 6) is -1.07. The predicted molar refractivity (Wildman–Crippen MR) is 102 cm³/mol. The number of benzene rings is 1. The van der Waals surface area contributed by atoms with Crippen LogP contribution in [0.2, 0.25) is 0 Å². The molecule has 8 heteroatoms. The molecule has 2 rings (SSSR count). The minimum Gasteiger partial charge on any atom is -0.492 e. The first-order chi connectivity index (χ1) is 12.5. The Kier molecular flexibility index (Phi) is 6.74. The minimum absolute atomic E-state index is 0.218. The van der Waals surface area contributed by atoms with Gasteiger partial charge in [-0.25, -0.2) is 0 Å². The van der Waals surface area contributed by atoms with Crippen molar-refractivity contribution in [2.75, 3.05) is 36.8 Å². The molecule has 0 fully saturated rings. The number of carbonyl (C=O) groups is 1. The van der Waals surface area contributed by atoms with E-state index in [2.05, 4.69) is 34.4 Å². The third-order valence-electron chi connectivity index (χ3n) is 4.14. The number of aromatic hydroxyl groups is 1. The Hall–Kier alpha value is -2.87. The van der Waals surface area contributed by atoms with Gasteiger partial charge in [0.1, 0.15) is 0 Å². The summed E-state index contributed by atoms with van der Waals surface area (Å²) in [5, 5.41) is 15.7. The molecule has 1 heterocycles. The van der Waals surface area contributed by atoms with Crippen molar-refractivity contribution < 1.29 is 9.90 Å². The van der Waals surface area contributed by atoms with Gasteiger partial charge < -0.3 is 20.6 Å². The molecule has 3 N–H and O–H groups in total. The normalized spacial score (nSPS) is 10.8. The van der Waals surface area contributed by atoms with Gasteiger partial charge in [0.15, 0.2) is 5.56 Å². The van der Waals surface area contributed by atoms with E-state index in [1.165, 1.54) is 11.6 Å². The molecule has 1 aromatic heterocycles. The first kappa shape index (κ1) is 19.5. The third kappa shape index (κ3) is 4.60. The van der Waals surface area contributed by atoms with Crippen molar-refractivity contribution in [1.29, 1.82) is 0 Å². The van der Waals surface area contributed by atoms with Crippen LogP contribution in [0.5, 0.6) is 5.88 Å². The molecule has 0 bridgehead atoms. The molecule has 1 aromatic carbocycles. The number of amides is 1. The van der Waals surface area contributed by atoms with Crippen molar-refractivity contribution in [3.05, 3.63) is 46.2 Å². The average Bonchev–Trinajstić information content (AvgIpc) is 2.63. The summed E-state index contributed by atoms with van der Waals surface area (Å²) in [6.07, 6.45) is 0. The van der Waals surface area contributed by atoms with Crippen molar-refractivity contribution in [2.45, 2.75) is 13.8 Å². The van der Waals surface area contributed by atoms with E-state index in [4.69, 9.17) is 0 Å². The Balaban J connectivity index is 2.16. The molecule has 0 atom stereocenters. The Bertz CT molecular complexity index is 800. The number of aromatic nitrogens is 2. The Labute approximate surface area is 152 Å². The standard InChI is InChI=1S/C18H25N5O3/c1-4-23(5-2)12-11-19-18-21-16(25)14(17(26)22(18)3)15(24)20-13-9-7-6-8-10-13/h6-10,25H,4-5,11-12H2,1-3H3,(H,19,21)(H,20,24). The van der Waals surface area contributed by atoms with Crippen LogP contribution in [0.3, 0.4) is 0 Å². The molecule has 0 spiro atoms. The highest BCUT2D eigenvalue weighted by molar-refractivity contribution is 6.05. The molecule has 0 saturated heterocycles. The van der Waals surface area contributed by atoms with E-state index in [-0.39, 0.29) is 11.5 Å². The van der Waals surface area contributed by atoms with E-state index in [0.29, 0.717) is 12.2 Å². The van der Waals surface area contributed by atoms with E-state index in [1.807, 2.05) is 6.07 Å². The second-order valence-corrected chi connectivity index (χ2v) is 5.77. The van der Waals surface area contributed by atoms with Gasteiger partial charge in [0.25, 0.3) is 11.5 Å². The molecule has 0 aliphatic rings. The van der Waals surface area contributed by atoms with Crippen LogP contribution in [-0.2, 0) is 7.05 Å². The number of carbonyl (C=O) groups excluding carboxylic acids is 1. The lowest BCUT2D eigenvalue weighted by Gasteiger charge is -2.19. The topological polar surface area (TPSA) is 99.5 Å². The van der Waals surface area contributed by atoms with Crippen molar-refractivity contribution in [3.8, 4) is 5.88 Å². The molecule has 1 amide bonds. The lowest BCUT2D eigenvalue weighted by molar-refractivity contribution is 0.102. The van der Waals surface area contributed by atoms with Gasteiger partial charge in [-0.3, -0.25) is 14.2 Å². The molecular formula is C18H25N5O3. The maximum Gasteiger partial charge on any atom is 0.271 e. The number of hydrogen-bond acceptors (Lipinski definition) is 6. The van der Waals surface area contributed by atoms with Crippen LogP contribution in [0.15, 0.2) is 35.1 Å². The second-order valence-electron chi connectivity index (χ2n) is 5.77. The largest absolute Gasteiger partial charge is 0.492 e. The zero-order valence-electron chi connectivity index (χ0n) is 15.3. The molecule has 0 saturated carbocycles. The summed E-state index contributed by atoms with van der Waals surface area (Å²) in [6, 6.07) is 8.71. The van der Waals surface area contributed by atoms with Crippen molar-refractivity contribution in [1.82, 2.24) is 14.5 Å². The fourth-order valence-electron chi connectivity index (χ4n) is 2.53. The lowest BCUT2D eigenvalue weighted by atomic mass is 10.2. The van der Waals surface area contributed by atoms with Crippen LogP contribution in [0, 0.1) is 0 Å². The first-order valence-corrected chi connectivity index (χ1v) is 8.60. The molecule has 2 aromatic rings. The number of nitrogens with one attached hydrogen (secondary N) is 2. The molecule has 0 radical (unpaired) electrons. The molecule has 26 heavy (non-hydrogen) atoms. The SMILES string of the molecule is CCN(CC)CCNc1nc(O)c(C(=O)Nc2ccccc2)c(=O)n1C. The maximum atomic E-state index is 12.5. The number of nitrogens with zero attached hydrogens (tertiary/aromatic N) is 3. The van der Waals surface area contributed by atoms with Crippen LogP contribution < -0.4 is 16.2 Å². The summed E-state index contributed by atoms with van der Waals surface area (Å²) < 4.78 is 1.22. The number of anilines is 2. The van der Waals surface area contributed by atoms with Gasteiger partial charge in [0.2, 0.25) is 11.8 Å². The summed E-state index contributed by atoms with van der Waals surface area (Å²) in [5.41, 5.74) is -0.470. The third-order valence-corrected chi connectivity index (χ3v) is 4.14. The van der Waals surface area contributed by atoms with E-state index in [0.717, 1.165) is 19.6 Å². The Morgan fingerprint density at radius 2 is 1.88 bits per heavy atom. The van der Waals surface area contributed by atoms with Gasteiger partial charge in [-0.05, 0) is 25.2 Å².